The van der Waals surface area contributed by atoms with E-state index in [4.69, 9.17) is 23.8 Å². The van der Waals surface area contributed by atoms with Crippen LogP contribution in [0.2, 0.25) is 5.02 Å². The maximum Gasteiger partial charge on any atom is 0.289 e. The lowest BCUT2D eigenvalue weighted by Crippen LogP contribution is -2.44. The Labute approximate surface area is 146 Å². The summed E-state index contributed by atoms with van der Waals surface area (Å²) in [6, 6.07) is 5.59. The number of thioether (sulfide) groups is 1. The molecule has 0 saturated heterocycles. The molecule has 0 spiro atoms. The molecule has 120 valence electrons. The van der Waals surface area contributed by atoms with Gasteiger partial charge < -0.3 is 5.32 Å². The molecule has 0 atom stereocenters. The average molecular weight is 372 g/mol. The number of carbonyl (C=O) groups excluding carboxylic acids is 1. The zero-order valence-corrected chi connectivity index (χ0v) is 14.2. The molecule has 0 fully saturated rings. The van der Waals surface area contributed by atoms with Crippen molar-refractivity contribution >= 4 is 52.3 Å². The number of rotatable bonds is 3. The van der Waals surface area contributed by atoms with Gasteiger partial charge in [-0.15, -0.1) is 0 Å². The van der Waals surface area contributed by atoms with E-state index in [1.54, 1.807) is 6.26 Å². The van der Waals surface area contributed by atoms with Crippen molar-refractivity contribution in [3.05, 3.63) is 47.0 Å². The number of hydrazine groups is 1. The molecule has 0 aliphatic heterocycles. The summed E-state index contributed by atoms with van der Waals surface area (Å²) in [5.41, 5.74) is 5.48. The summed E-state index contributed by atoms with van der Waals surface area (Å²) in [5.74, 6) is -0.915. The first-order valence-corrected chi connectivity index (χ1v) is 8.20. The highest BCUT2D eigenvalue weighted by Crippen LogP contribution is 2.16. The van der Waals surface area contributed by atoms with Gasteiger partial charge in [0.2, 0.25) is 0 Å². The van der Waals surface area contributed by atoms with Gasteiger partial charge in [-0.25, -0.2) is 14.4 Å². The highest BCUT2D eigenvalue weighted by Gasteiger charge is 2.14. The van der Waals surface area contributed by atoms with Crippen LogP contribution in [0.3, 0.4) is 0 Å². The van der Waals surface area contributed by atoms with Crippen molar-refractivity contribution in [1.29, 1.82) is 0 Å². The monoisotopic (exact) mass is 371 g/mol. The van der Waals surface area contributed by atoms with Crippen LogP contribution in [-0.4, -0.2) is 27.2 Å². The lowest BCUT2D eigenvalue weighted by atomic mass is 10.3. The molecule has 0 saturated carbocycles. The molecule has 1 aromatic carbocycles. The van der Waals surface area contributed by atoms with Crippen molar-refractivity contribution < 1.29 is 9.18 Å². The van der Waals surface area contributed by atoms with Crippen molar-refractivity contribution in [1.82, 2.24) is 20.8 Å². The minimum absolute atomic E-state index is 0.0306. The minimum atomic E-state index is -0.559. The van der Waals surface area contributed by atoms with E-state index < -0.39 is 5.91 Å². The van der Waals surface area contributed by atoms with Crippen LogP contribution in [0.5, 0.6) is 0 Å². The van der Waals surface area contributed by atoms with Gasteiger partial charge in [0.25, 0.3) is 5.91 Å². The molecule has 3 N–H and O–H groups in total. The van der Waals surface area contributed by atoms with Crippen LogP contribution < -0.4 is 16.2 Å². The van der Waals surface area contributed by atoms with Crippen molar-refractivity contribution in [2.24, 2.45) is 0 Å². The Morgan fingerprint density at radius 2 is 2.00 bits per heavy atom. The third kappa shape index (κ3) is 5.02. The minimum Gasteiger partial charge on any atom is -0.331 e. The molecular formula is C13H11ClFN5OS2. The van der Waals surface area contributed by atoms with Gasteiger partial charge >= 0.3 is 0 Å². The first-order chi connectivity index (χ1) is 11.0. The topological polar surface area (TPSA) is 78.9 Å². The molecule has 0 bridgehead atoms. The fourth-order valence-corrected chi connectivity index (χ4v) is 2.16. The number of benzene rings is 1. The zero-order valence-electron chi connectivity index (χ0n) is 11.8. The van der Waals surface area contributed by atoms with E-state index in [0.717, 1.165) is 0 Å². The molecule has 6 nitrogen and oxygen atoms in total. The summed E-state index contributed by atoms with van der Waals surface area (Å²) in [7, 11) is 0. The van der Waals surface area contributed by atoms with Crippen LogP contribution in [0.15, 0.2) is 35.6 Å². The third-order valence-corrected chi connectivity index (χ3v) is 3.55. The molecule has 1 heterocycles. The van der Waals surface area contributed by atoms with Gasteiger partial charge in [0.05, 0.1) is 11.2 Å². The standard InChI is InChI=1S/C13H11ClFN5OS2/c1-23-13-16-6-9(14)10(18-13)11(21)19-20-12(22)17-8-4-2-7(15)3-5-8/h2-6H,1H3,(H,19,21)(H2,17,20,22). The molecule has 1 aromatic heterocycles. The Hall–Kier alpha value is -1.97. The van der Waals surface area contributed by atoms with Crippen molar-refractivity contribution in [3.63, 3.8) is 0 Å². The summed E-state index contributed by atoms with van der Waals surface area (Å²) in [4.78, 5) is 20.0. The molecule has 0 aliphatic carbocycles. The summed E-state index contributed by atoms with van der Waals surface area (Å²) < 4.78 is 12.8. The molecule has 0 radical (unpaired) electrons. The number of nitrogens with one attached hydrogen (secondary N) is 3. The van der Waals surface area contributed by atoms with Crippen molar-refractivity contribution in [2.75, 3.05) is 11.6 Å². The maximum atomic E-state index is 12.8. The van der Waals surface area contributed by atoms with Gasteiger partial charge in [-0.05, 0) is 42.7 Å². The fourth-order valence-electron chi connectivity index (χ4n) is 1.48. The van der Waals surface area contributed by atoms with E-state index in [0.29, 0.717) is 10.8 Å². The Morgan fingerprint density at radius 1 is 1.30 bits per heavy atom. The molecule has 0 aliphatic rings. The van der Waals surface area contributed by atoms with E-state index in [1.807, 2.05) is 0 Å². The molecular weight excluding hydrogens is 361 g/mol. The van der Waals surface area contributed by atoms with Crippen molar-refractivity contribution in [2.45, 2.75) is 5.16 Å². The smallest absolute Gasteiger partial charge is 0.289 e. The Balaban J connectivity index is 1.93. The molecule has 23 heavy (non-hydrogen) atoms. The van der Waals surface area contributed by atoms with Gasteiger partial charge in [0.15, 0.2) is 16.0 Å². The summed E-state index contributed by atoms with van der Waals surface area (Å²) in [5, 5.41) is 3.45. The van der Waals surface area contributed by atoms with E-state index in [9.17, 15) is 9.18 Å². The predicted octanol–water partition coefficient (Wildman–Crippen LogP) is 2.62. The summed E-state index contributed by atoms with van der Waals surface area (Å²) in [6.45, 7) is 0. The molecule has 2 aromatic rings. The number of thiocarbonyl (C=S) groups is 1. The number of halogens is 2. The quantitative estimate of drug-likeness (QED) is 0.331. The van der Waals surface area contributed by atoms with E-state index in [-0.39, 0.29) is 21.6 Å². The number of nitrogens with zero attached hydrogens (tertiary/aromatic N) is 2. The van der Waals surface area contributed by atoms with Crippen molar-refractivity contribution in [3.8, 4) is 0 Å². The molecule has 1 amide bonds. The fraction of sp³-hybridized carbons (Fsp3) is 0.0769. The highest BCUT2D eigenvalue weighted by atomic mass is 35.5. The van der Waals surface area contributed by atoms with Crippen LogP contribution in [0.1, 0.15) is 10.5 Å². The number of hydrogen-bond donors (Lipinski definition) is 3. The lowest BCUT2D eigenvalue weighted by molar-refractivity contribution is 0.0938. The maximum absolute atomic E-state index is 12.8. The summed E-state index contributed by atoms with van der Waals surface area (Å²) >= 11 is 12.2. The average Bonchev–Trinajstić information content (AvgIpc) is 2.55. The second kappa shape index (κ2) is 8.04. The van der Waals surface area contributed by atoms with Crippen LogP contribution in [0, 0.1) is 5.82 Å². The van der Waals surface area contributed by atoms with Gasteiger partial charge in [0, 0.05) is 5.69 Å². The molecule has 0 unspecified atom stereocenters. The zero-order chi connectivity index (χ0) is 16.8. The van der Waals surface area contributed by atoms with Crippen LogP contribution >= 0.6 is 35.6 Å². The van der Waals surface area contributed by atoms with Gasteiger partial charge in [-0.2, -0.15) is 0 Å². The third-order valence-electron chi connectivity index (χ3n) is 2.51. The van der Waals surface area contributed by atoms with E-state index >= 15 is 0 Å². The first-order valence-electron chi connectivity index (χ1n) is 6.19. The largest absolute Gasteiger partial charge is 0.331 e. The number of aromatic nitrogens is 2. The number of carbonyl (C=O) groups is 1. The van der Waals surface area contributed by atoms with Gasteiger partial charge in [-0.1, -0.05) is 23.4 Å². The number of hydrogen-bond acceptors (Lipinski definition) is 5. The molecule has 2 rings (SSSR count). The summed E-state index contributed by atoms with van der Waals surface area (Å²) in [6.07, 6.45) is 3.13. The Morgan fingerprint density at radius 3 is 2.65 bits per heavy atom. The van der Waals surface area contributed by atoms with Crippen LogP contribution in [0.4, 0.5) is 10.1 Å². The van der Waals surface area contributed by atoms with E-state index in [1.165, 1.54) is 42.2 Å². The van der Waals surface area contributed by atoms with Crippen LogP contribution in [0.25, 0.3) is 0 Å². The van der Waals surface area contributed by atoms with E-state index in [2.05, 4.69) is 26.1 Å². The first kappa shape index (κ1) is 17.4. The second-order valence-corrected chi connectivity index (χ2v) is 5.68. The second-order valence-electron chi connectivity index (χ2n) is 4.09. The predicted molar refractivity (Wildman–Crippen MR) is 92.0 cm³/mol. The lowest BCUT2D eigenvalue weighted by Gasteiger charge is -2.12. The SMILES string of the molecule is CSc1ncc(Cl)c(C(=O)NNC(=S)Nc2ccc(F)cc2)n1. The Kier molecular flexibility index (Phi) is 6.08. The number of amides is 1. The molecule has 10 heteroatoms. The van der Waals surface area contributed by atoms with Gasteiger partial charge in [-0.3, -0.25) is 15.6 Å². The van der Waals surface area contributed by atoms with Crippen LogP contribution in [-0.2, 0) is 0 Å². The highest BCUT2D eigenvalue weighted by molar-refractivity contribution is 7.98. The number of anilines is 1. The Bertz CT molecular complexity index is 729. The normalized spacial score (nSPS) is 10.0. The van der Waals surface area contributed by atoms with Gasteiger partial charge in [0.1, 0.15) is 5.82 Å².